The summed E-state index contributed by atoms with van der Waals surface area (Å²) in [4.78, 5) is 11.2. The number of nitrogens with zero attached hydrogens (tertiary/aromatic N) is 3. The normalized spacial score (nSPS) is 10.6. The number of carboxylic acid groups (broad SMARTS) is 1. The highest BCUT2D eigenvalue weighted by molar-refractivity contribution is 5.85. The van der Waals surface area contributed by atoms with Crippen LogP contribution in [0.5, 0.6) is 0 Å². The number of carboxylic acids is 1. The molecule has 0 aliphatic rings. The third-order valence-electron chi connectivity index (χ3n) is 3.61. The second kappa shape index (κ2) is 6.23. The van der Waals surface area contributed by atoms with Gasteiger partial charge in [-0.15, -0.1) is 0 Å². The van der Waals surface area contributed by atoms with Gasteiger partial charge in [-0.3, -0.25) is 0 Å². The number of carbonyl (C=O) groups is 1. The quantitative estimate of drug-likeness (QED) is 0.912. The molecule has 0 bridgehead atoms. The van der Waals surface area contributed by atoms with Crippen LogP contribution in [0, 0.1) is 11.3 Å². The Bertz CT molecular complexity index is 694. The van der Waals surface area contributed by atoms with E-state index in [-0.39, 0.29) is 11.6 Å². The van der Waals surface area contributed by atoms with Crippen LogP contribution in [-0.2, 0) is 0 Å². The first-order valence-electron chi connectivity index (χ1n) is 6.95. The van der Waals surface area contributed by atoms with Crippen LogP contribution in [0.1, 0.15) is 54.4 Å². The van der Waals surface area contributed by atoms with E-state index >= 15 is 0 Å². The highest BCUT2D eigenvalue weighted by Gasteiger charge is 2.20. The Morgan fingerprint density at radius 3 is 2.62 bits per heavy atom. The SMILES string of the molecule is CCC(CC)c1cc(C(=O)O)nn1-c1ccccc1C#N. The van der Waals surface area contributed by atoms with Crippen molar-refractivity contribution < 1.29 is 9.90 Å². The average Bonchev–Trinajstić information content (AvgIpc) is 2.93. The average molecular weight is 283 g/mol. The first-order valence-corrected chi connectivity index (χ1v) is 6.95. The van der Waals surface area contributed by atoms with Gasteiger partial charge in [0, 0.05) is 11.6 Å². The Morgan fingerprint density at radius 2 is 2.05 bits per heavy atom. The molecule has 5 heteroatoms. The molecule has 0 saturated heterocycles. The maximum absolute atomic E-state index is 11.2. The molecule has 0 radical (unpaired) electrons. The lowest BCUT2D eigenvalue weighted by Gasteiger charge is -2.15. The summed E-state index contributed by atoms with van der Waals surface area (Å²) in [6.45, 7) is 4.12. The minimum atomic E-state index is -1.06. The molecule has 0 aliphatic carbocycles. The number of nitriles is 1. The van der Waals surface area contributed by atoms with Crippen LogP contribution < -0.4 is 0 Å². The predicted octanol–water partition coefficient (Wildman–Crippen LogP) is 3.35. The second-order valence-corrected chi connectivity index (χ2v) is 4.81. The molecule has 1 aromatic heterocycles. The number of para-hydroxylation sites is 1. The standard InChI is InChI=1S/C16H17N3O2/c1-3-11(4-2)15-9-13(16(20)21)18-19(15)14-8-6-5-7-12(14)10-17/h5-9,11H,3-4H2,1-2H3,(H,20,21). The van der Waals surface area contributed by atoms with E-state index in [1.54, 1.807) is 28.9 Å². The van der Waals surface area contributed by atoms with E-state index in [0.29, 0.717) is 11.3 Å². The number of aromatic nitrogens is 2. The maximum Gasteiger partial charge on any atom is 0.356 e. The summed E-state index contributed by atoms with van der Waals surface area (Å²) in [5.74, 6) is -0.854. The van der Waals surface area contributed by atoms with Gasteiger partial charge in [-0.2, -0.15) is 10.4 Å². The summed E-state index contributed by atoms with van der Waals surface area (Å²) in [6.07, 6.45) is 1.77. The van der Waals surface area contributed by atoms with Gasteiger partial charge < -0.3 is 5.11 Å². The van der Waals surface area contributed by atoms with E-state index in [1.165, 1.54) is 0 Å². The van der Waals surface area contributed by atoms with E-state index in [2.05, 4.69) is 25.0 Å². The minimum Gasteiger partial charge on any atom is -0.476 e. The molecule has 1 heterocycles. The number of hydrogen-bond acceptors (Lipinski definition) is 3. The summed E-state index contributed by atoms with van der Waals surface area (Å²) >= 11 is 0. The van der Waals surface area contributed by atoms with Gasteiger partial charge in [0.2, 0.25) is 0 Å². The highest BCUT2D eigenvalue weighted by atomic mass is 16.4. The van der Waals surface area contributed by atoms with Gasteiger partial charge in [0.05, 0.1) is 11.3 Å². The summed E-state index contributed by atoms with van der Waals surface area (Å²) in [7, 11) is 0. The number of benzene rings is 1. The molecular weight excluding hydrogens is 266 g/mol. The Balaban J connectivity index is 2.66. The fourth-order valence-corrected chi connectivity index (χ4v) is 2.44. The number of hydrogen-bond donors (Lipinski definition) is 1. The molecule has 0 saturated carbocycles. The predicted molar refractivity (Wildman–Crippen MR) is 78.6 cm³/mol. The van der Waals surface area contributed by atoms with Crippen molar-refractivity contribution in [2.45, 2.75) is 32.6 Å². The molecule has 0 atom stereocenters. The third-order valence-corrected chi connectivity index (χ3v) is 3.61. The first-order chi connectivity index (χ1) is 10.1. The number of rotatable bonds is 5. The molecule has 2 rings (SSSR count). The Morgan fingerprint density at radius 1 is 1.38 bits per heavy atom. The molecular formula is C16H17N3O2. The van der Waals surface area contributed by atoms with Gasteiger partial charge in [0.25, 0.3) is 0 Å². The molecule has 0 amide bonds. The summed E-state index contributed by atoms with van der Waals surface area (Å²) in [5, 5.41) is 22.6. The lowest BCUT2D eigenvalue weighted by atomic mass is 9.98. The van der Waals surface area contributed by atoms with Gasteiger partial charge in [-0.1, -0.05) is 26.0 Å². The smallest absolute Gasteiger partial charge is 0.356 e. The molecule has 1 aromatic carbocycles. The lowest BCUT2D eigenvalue weighted by molar-refractivity contribution is 0.0690. The molecule has 0 fully saturated rings. The molecule has 2 aromatic rings. The van der Waals surface area contributed by atoms with Gasteiger partial charge >= 0.3 is 5.97 Å². The van der Waals surface area contributed by atoms with Crippen LogP contribution in [-0.4, -0.2) is 20.9 Å². The largest absolute Gasteiger partial charge is 0.476 e. The van der Waals surface area contributed by atoms with E-state index in [1.807, 2.05) is 6.07 Å². The Hall–Kier alpha value is -2.61. The fourth-order valence-electron chi connectivity index (χ4n) is 2.44. The number of aromatic carboxylic acids is 1. The van der Waals surface area contributed by atoms with Gasteiger partial charge in [0.1, 0.15) is 6.07 Å². The maximum atomic E-state index is 11.2. The van der Waals surface area contributed by atoms with Crippen molar-refractivity contribution in [3.05, 3.63) is 47.3 Å². The van der Waals surface area contributed by atoms with Crippen molar-refractivity contribution in [3.63, 3.8) is 0 Å². The third kappa shape index (κ3) is 2.79. The summed E-state index contributed by atoms with van der Waals surface area (Å²) < 4.78 is 1.60. The van der Waals surface area contributed by atoms with Crippen LogP contribution in [0.4, 0.5) is 0 Å². The highest BCUT2D eigenvalue weighted by Crippen LogP contribution is 2.27. The monoisotopic (exact) mass is 283 g/mol. The van der Waals surface area contributed by atoms with Gasteiger partial charge in [-0.25, -0.2) is 9.48 Å². The Labute approximate surface area is 123 Å². The molecule has 21 heavy (non-hydrogen) atoms. The van der Waals surface area contributed by atoms with Crippen molar-refractivity contribution >= 4 is 5.97 Å². The molecule has 0 aliphatic heterocycles. The van der Waals surface area contributed by atoms with Crippen molar-refractivity contribution in [2.24, 2.45) is 0 Å². The molecule has 108 valence electrons. The zero-order chi connectivity index (χ0) is 15.4. The van der Waals surface area contributed by atoms with Crippen LogP contribution in [0.2, 0.25) is 0 Å². The van der Waals surface area contributed by atoms with Crippen molar-refractivity contribution in [1.82, 2.24) is 9.78 Å². The van der Waals surface area contributed by atoms with E-state index in [4.69, 9.17) is 0 Å². The minimum absolute atomic E-state index is 0.00430. The van der Waals surface area contributed by atoms with Gasteiger partial charge in [0.15, 0.2) is 5.69 Å². The second-order valence-electron chi connectivity index (χ2n) is 4.81. The summed E-state index contributed by atoms with van der Waals surface area (Å²) in [6, 6.07) is 10.8. The summed E-state index contributed by atoms with van der Waals surface area (Å²) in [5.41, 5.74) is 1.93. The molecule has 0 spiro atoms. The zero-order valence-corrected chi connectivity index (χ0v) is 12.1. The van der Waals surface area contributed by atoms with Crippen LogP contribution in [0.3, 0.4) is 0 Å². The van der Waals surface area contributed by atoms with Crippen molar-refractivity contribution in [2.75, 3.05) is 0 Å². The van der Waals surface area contributed by atoms with E-state index < -0.39 is 5.97 Å². The fraction of sp³-hybridized carbons (Fsp3) is 0.312. The zero-order valence-electron chi connectivity index (χ0n) is 12.1. The van der Waals surface area contributed by atoms with Crippen LogP contribution in [0.15, 0.2) is 30.3 Å². The molecule has 5 nitrogen and oxygen atoms in total. The molecule has 1 N–H and O–H groups in total. The molecule has 0 unspecified atom stereocenters. The topological polar surface area (TPSA) is 78.9 Å². The van der Waals surface area contributed by atoms with E-state index in [0.717, 1.165) is 18.5 Å². The lowest BCUT2D eigenvalue weighted by Crippen LogP contribution is -2.08. The van der Waals surface area contributed by atoms with Crippen molar-refractivity contribution in [1.29, 1.82) is 5.26 Å². The Kier molecular flexibility index (Phi) is 4.39. The first kappa shape index (κ1) is 14.8. The van der Waals surface area contributed by atoms with E-state index in [9.17, 15) is 15.2 Å². The van der Waals surface area contributed by atoms with Crippen LogP contribution in [0.25, 0.3) is 5.69 Å². The van der Waals surface area contributed by atoms with Crippen molar-refractivity contribution in [3.8, 4) is 11.8 Å². The van der Waals surface area contributed by atoms with Gasteiger partial charge in [-0.05, 0) is 31.0 Å². The van der Waals surface area contributed by atoms with Crippen LogP contribution >= 0.6 is 0 Å².